The zero-order chi connectivity index (χ0) is 10.7. The van der Waals surface area contributed by atoms with Crippen molar-refractivity contribution in [2.24, 2.45) is 10.9 Å². The SMILES string of the molecule is COC(=O)C1=CCC(=NO)C(N)=C1C. The minimum Gasteiger partial charge on any atom is -0.465 e. The molecule has 0 saturated heterocycles. The fourth-order valence-corrected chi connectivity index (χ4v) is 1.26. The summed E-state index contributed by atoms with van der Waals surface area (Å²) in [7, 11) is 1.31. The molecule has 3 N–H and O–H groups in total. The van der Waals surface area contributed by atoms with Gasteiger partial charge in [0.2, 0.25) is 0 Å². The third-order valence-corrected chi connectivity index (χ3v) is 2.14. The largest absolute Gasteiger partial charge is 0.465 e. The molecule has 0 unspecified atom stereocenters. The van der Waals surface area contributed by atoms with Gasteiger partial charge in [-0.3, -0.25) is 0 Å². The third kappa shape index (κ3) is 1.61. The summed E-state index contributed by atoms with van der Waals surface area (Å²) in [6.45, 7) is 1.68. The van der Waals surface area contributed by atoms with E-state index in [1.807, 2.05) is 0 Å². The van der Waals surface area contributed by atoms with Crippen molar-refractivity contribution in [3.8, 4) is 0 Å². The highest BCUT2D eigenvalue weighted by atomic mass is 16.5. The van der Waals surface area contributed by atoms with Crippen LogP contribution in [-0.4, -0.2) is 24.0 Å². The molecule has 0 aromatic rings. The first-order valence-corrected chi connectivity index (χ1v) is 4.08. The summed E-state index contributed by atoms with van der Waals surface area (Å²) < 4.78 is 4.58. The third-order valence-electron chi connectivity index (χ3n) is 2.14. The van der Waals surface area contributed by atoms with Crippen LogP contribution in [0.3, 0.4) is 0 Å². The monoisotopic (exact) mass is 196 g/mol. The van der Waals surface area contributed by atoms with Crippen molar-refractivity contribution < 1.29 is 14.7 Å². The first-order chi connectivity index (χ1) is 6.61. The molecule has 0 bridgehead atoms. The number of oxime groups is 1. The molecule has 1 aliphatic carbocycles. The first-order valence-electron chi connectivity index (χ1n) is 4.08. The lowest BCUT2D eigenvalue weighted by atomic mass is 9.95. The number of hydrogen-bond donors (Lipinski definition) is 2. The lowest BCUT2D eigenvalue weighted by Crippen LogP contribution is -2.21. The van der Waals surface area contributed by atoms with Crippen LogP contribution >= 0.6 is 0 Å². The number of allylic oxidation sites excluding steroid dienone is 2. The summed E-state index contributed by atoms with van der Waals surface area (Å²) >= 11 is 0. The number of hydrogen-bond acceptors (Lipinski definition) is 5. The van der Waals surface area contributed by atoms with Crippen molar-refractivity contribution >= 4 is 11.7 Å². The summed E-state index contributed by atoms with van der Waals surface area (Å²) in [5, 5.41) is 11.6. The highest BCUT2D eigenvalue weighted by Gasteiger charge is 2.21. The van der Waals surface area contributed by atoms with Crippen molar-refractivity contribution in [1.29, 1.82) is 0 Å². The van der Waals surface area contributed by atoms with Gasteiger partial charge in [0.15, 0.2) is 0 Å². The Labute approximate surface area is 81.5 Å². The molecule has 14 heavy (non-hydrogen) atoms. The van der Waals surface area contributed by atoms with Gasteiger partial charge >= 0.3 is 5.97 Å². The van der Waals surface area contributed by atoms with E-state index in [0.29, 0.717) is 29.0 Å². The van der Waals surface area contributed by atoms with Crippen molar-refractivity contribution in [3.63, 3.8) is 0 Å². The van der Waals surface area contributed by atoms with Crippen LogP contribution in [0.1, 0.15) is 13.3 Å². The normalized spacial score (nSPS) is 19.6. The Hall–Kier alpha value is -1.78. The van der Waals surface area contributed by atoms with E-state index in [1.54, 1.807) is 13.0 Å². The average molecular weight is 196 g/mol. The maximum Gasteiger partial charge on any atom is 0.337 e. The van der Waals surface area contributed by atoms with Crippen LogP contribution in [0.15, 0.2) is 28.1 Å². The molecule has 0 radical (unpaired) electrons. The quantitative estimate of drug-likeness (QED) is 0.364. The molecular formula is C9H12N2O3. The predicted molar refractivity (Wildman–Crippen MR) is 50.8 cm³/mol. The highest BCUT2D eigenvalue weighted by molar-refractivity contribution is 6.07. The number of carbonyl (C=O) groups excluding carboxylic acids is 1. The summed E-state index contributed by atoms with van der Waals surface area (Å²) in [5.41, 5.74) is 7.36. The van der Waals surface area contributed by atoms with E-state index in [1.165, 1.54) is 7.11 Å². The molecule has 76 valence electrons. The number of ether oxygens (including phenoxy) is 1. The van der Waals surface area contributed by atoms with Crippen molar-refractivity contribution in [1.82, 2.24) is 0 Å². The molecule has 1 aliphatic rings. The lowest BCUT2D eigenvalue weighted by molar-refractivity contribution is -0.135. The van der Waals surface area contributed by atoms with E-state index in [-0.39, 0.29) is 0 Å². The van der Waals surface area contributed by atoms with Gasteiger partial charge in [-0.05, 0) is 12.5 Å². The van der Waals surface area contributed by atoms with E-state index < -0.39 is 5.97 Å². The standard InChI is InChI=1S/C9H12N2O3/c1-5-6(9(12)14-2)3-4-7(11-13)8(5)10/h3,13H,4,10H2,1-2H3. The summed E-state index contributed by atoms with van der Waals surface area (Å²) in [5.74, 6) is -0.428. The van der Waals surface area contributed by atoms with Gasteiger partial charge in [0.05, 0.1) is 18.4 Å². The van der Waals surface area contributed by atoms with Crippen molar-refractivity contribution in [2.45, 2.75) is 13.3 Å². The summed E-state index contributed by atoms with van der Waals surface area (Å²) in [6, 6.07) is 0. The number of esters is 1. The fraction of sp³-hybridized carbons (Fsp3) is 0.333. The second-order valence-electron chi connectivity index (χ2n) is 2.90. The van der Waals surface area contributed by atoms with Crippen LogP contribution < -0.4 is 5.73 Å². The Morgan fingerprint density at radius 1 is 1.71 bits per heavy atom. The van der Waals surface area contributed by atoms with E-state index in [0.717, 1.165) is 0 Å². The first kappa shape index (κ1) is 10.3. The molecule has 5 nitrogen and oxygen atoms in total. The smallest absolute Gasteiger partial charge is 0.337 e. The van der Waals surface area contributed by atoms with Crippen LogP contribution in [0.5, 0.6) is 0 Å². The molecule has 5 heteroatoms. The second kappa shape index (κ2) is 3.95. The molecule has 1 rings (SSSR count). The van der Waals surface area contributed by atoms with Gasteiger partial charge in [0.1, 0.15) is 5.71 Å². The Balaban J connectivity index is 3.07. The zero-order valence-corrected chi connectivity index (χ0v) is 8.07. The molecule has 0 aromatic heterocycles. The molecule has 0 amide bonds. The van der Waals surface area contributed by atoms with Crippen LogP contribution in [0, 0.1) is 0 Å². The minimum absolute atomic E-state index is 0.329. The Bertz CT molecular complexity index is 353. The van der Waals surface area contributed by atoms with Crippen molar-refractivity contribution in [2.75, 3.05) is 7.11 Å². The van der Waals surface area contributed by atoms with E-state index >= 15 is 0 Å². The molecule has 0 aliphatic heterocycles. The van der Waals surface area contributed by atoms with Gasteiger partial charge in [-0.25, -0.2) is 4.79 Å². The van der Waals surface area contributed by atoms with Gasteiger partial charge < -0.3 is 15.7 Å². The number of rotatable bonds is 1. The lowest BCUT2D eigenvalue weighted by Gasteiger charge is -2.15. The van der Waals surface area contributed by atoms with Crippen molar-refractivity contribution in [3.05, 3.63) is 22.9 Å². The van der Waals surface area contributed by atoms with Gasteiger partial charge in [0, 0.05) is 6.42 Å². The molecule has 0 atom stereocenters. The van der Waals surface area contributed by atoms with E-state index in [2.05, 4.69) is 9.89 Å². The predicted octanol–water partition coefficient (Wildman–Crippen LogP) is 0.552. The number of nitrogens with zero attached hydrogens (tertiary/aromatic N) is 1. The molecule has 0 saturated carbocycles. The second-order valence-corrected chi connectivity index (χ2v) is 2.90. The summed E-state index contributed by atoms with van der Waals surface area (Å²) in [4.78, 5) is 11.2. The van der Waals surface area contributed by atoms with Gasteiger partial charge in [-0.2, -0.15) is 0 Å². The van der Waals surface area contributed by atoms with Crippen LogP contribution in [0.25, 0.3) is 0 Å². The minimum atomic E-state index is -0.428. The van der Waals surface area contributed by atoms with Crippen LogP contribution in [0.2, 0.25) is 0 Å². The van der Waals surface area contributed by atoms with Gasteiger partial charge in [-0.1, -0.05) is 11.2 Å². The maximum atomic E-state index is 11.2. The Kier molecular flexibility index (Phi) is 2.91. The van der Waals surface area contributed by atoms with Crippen LogP contribution in [0.4, 0.5) is 0 Å². The van der Waals surface area contributed by atoms with E-state index in [9.17, 15) is 4.79 Å². The number of methoxy groups -OCH3 is 1. The van der Waals surface area contributed by atoms with Crippen LogP contribution in [-0.2, 0) is 9.53 Å². The summed E-state index contributed by atoms with van der Waals surface area (Å²) in [6.07, 6.45) is 1.97. The Morgan fingerprint density at radius 3 is 2.86 bits per heavy atom. The maximum absolute atomic E-state index is 11.2. The van der Waals surface area contributed by atoms with Gasteiger partial charge in [0.25, 0.3) is 0 Å². The molecule has 0 aromatic carbocycles. The highest BCUT2D eigenvalue weighted by Crippen LogP contribution is 2.21. The molecule has 0 heterocycles. The number of nitrogens with two attached hydrogens (primary N) is 1. The molecule has 0 spiro atoms. The van der Waals surface area contributed by atoms with E-state index in [4.69, 9.17) is 10.9 Å². The molecular weight excluding hydrogens is 184 g/mol. The zero-order valence-electron chi connectivity index (χ0n) is 8.07. The fourth-order valence-electron chi connectivity index (χ4n) is 1.26. The topological polar surface area (TPSA) is 84.9 Å². The Morgan fingerprint density at radius 2 is 2.36 bits per heavy atom. The number of carbonyl (C=O) groups is 1. The average Bonchev–Trinajstić information content (AvgIpc) is 2.21. The molecule has 0 fully saturated rings. The van der Waals surface area contributed by atoms with Gasteiger partial charge in [-0.15, -0.1) is 0 Å².